The molecule has 0 aromatic heterocycles. The molecular weight excluding hydrogens is 1260 g/mol. The molecule has 11 aromatic rings. The number of aryl methyl sites for hydroxylation is 4. The van der Waals surface area contributed by atoms with Crippen molar-refractivity contribution in [3.05, 3.63) is 236 Å². The smallest absolute Gasteiger partial charge is 0.0436 e. The van der Waals surface area contributed by atoms with Crippen LogP contribution >= 0.6 is 0 Å². The zero-order chi connectivity index (χ0) is 73.6. The van der Waals surface area contributed by atoms with Gasteiger partial charge in [-0.2, -0.15) is 0 Å². The Morgan fingerprint density at radius 1 is 0.305 bits per heavy atom. The van der Waals surface area contributed by atoms with E-state index < -0.39 is 0 Å². The molecule has 0 spiro atoms. The van der Waals surface area contributed by atoms with Crippen LogP contribution in [0.3, 0.4) is 0 Å². The first-order valence-corrected chi connectivity index (χ1v) is 43.2. The van der Waals surface area contributed by atoms with E-state index in [9.17, 15) is 0 Å². The third kappa shape index (κ3) is 17.2. The first-order chi connectivity index (χ1) is 51.3. The molecule has 0 heteroatoms. The average Bonchev–Trinajstić information content (AvgIpc) is 1.64. The highest BCUT2D eigenvalue weighted by Crippen LogP contribution is 2.55. The molecule has 0 N–H and O–H groups in total. The summed E-state index contributed by atoms with van der Waals surface area (Å²) >= 11 is 0. The molecular formula is C105H132. The van der Waals surface area contributed by atoms with E-state index in [1.54, 1.807) is 11.1 Å². The van der Waals surface area contributed by atoms with Gasteiger partial charge in [-0.25, -0.2) is 0 Å². The molecule has 0 aliphatic heterocycles. The van der Waals surface area contributed by atoms with Crippen molar-refractivity contribution in [1.29, 1.82) is 0 Å². The van der Waals surface area contributed by atoms with Gasteiger partial charge < -0.3 is 0 Å². The van der Waals surface area contributed by atoms with Gasteiger partial charge >= 0.3 is 0 Å². The summed E-state index contributed by atoms with van der Waals surface area (Å²) in [6, 6.07) is 68.4. The van der Waals surface area contributed by atoms with Crippen molar-refractivity contribution in [2.75, 3.05) is 0 Å². The number of hydrogen-bond acceptors (Lipinski definition) is 0. The lowest BCUT2D eigenvalue weighted by molar-refractivity contribution is 0.449. The Bertz CT molecular complexity index is 4700. The van der Waals surface area contributed by atoms with E-state index in [2.05, 4.69) is 254 Å². The van der Waals surface area contributed by atoms with Gasteiger partial charge in [0.1, 0.15) is 0 Å². The molecule has 0 fully saturated rings. The van der Waals surface area contributed by atoms with Gasteiger partial charge in [-0.15, -0.1) is 0 Å². The summed E-state index contributed by atoms with van der Waals surface area (Å²) in [7, 11) is 0. The van der Waals surface area contributed by atoms with E-state index in [-0.39, 0.29) is 5.41 Å². The van der Waals surface area contributed by atoms with Crippen LogP contribution in [0, 0.1) is 37.5 Å². The van der Waals surface area contributed by atoms with Crippen molar-refractivity contribution >= 4 is 53.9 Å². The van der Waals surface area contributed by atoms with Crippen LogP contribution in [0.1, 0.15) is 303 Å². The van der Waals surface area contributed by atoms with Gasteiger partial charge in [0.05, 0.1) is 0 Å². The molecule has 0 radical (unpaired) electrons. The Balaban J connectivity index is 1.08. The van der Waals surface area contributed by atoms with Gasteiger partial charge in [-0.05, 0) is 268 Å². The second-order valence-corrected chi connectivity index (χ2v) is 33.4. The Hall–Kier alpha value is -7.28. The first kappa shape index (κ1) is 77.3. The standard InChI is InChI=1S/C105H132/c1-14-24-30-32-42-78-59-79(43-33-31-25-15-2)64-87(63-78)105(13)101-56-72(11)48-52-90(101)91-55-51-83(71-102(91)105)103-93-47-37-35-45-89(93)99(100-66-81(50-54-95(100)103)58-75(21-8)39-27-17-4)68-82-62-84(60-76(22-9)40-28-18-5)98-70-86(69-85(97(98)67-82)61-77(23-10)41-29-19-6)104-92-46-36-34-44-88(92)73(12)96-65-80(49-53-94(96)104)57-74(20-7)38-26-16-3/h34-37,44-56,59,62-67,69-71,74-77H,14-33,38-43,57-58,60-61,68H2,1-13H3. The fourth-order valence-corrected chi connectivity index (χ4v) is 19.3. The highest BCUT2D eigenvalue weighted by Gasteiger charge is 2.42. The van der Waals surface area contributed by atoms with E-state index in [0.717, 1.165) is 50.9 Å². The number of unbranched alkanes of at least 4 members (excludes halogenated alkanes) is 10. The minimum absolute atomic E-state index is 0.331. The minimum Gasteiger partial charge on any atom is -0.0654 e. The van der Waals surface area contributed by atoms with Crippen molar-refractivity contribution < 1.29 is 0 Å². The van der Waals surface area contributed by atoms with Crippen LogP contribution in [0.4, 0.5) is 0 Å². The van der Waals surface area contributed by atoms with Crippen molar-refractivity contribution in [2.45, 2.75) is 294 Å². The second kappa shape index (κ2) is 36.5. The summed E-state index contributed by atoms with van der Waals surface area (Å²) in [5.41, 5.74) is 27.1. The van der Waals surface area contributed by atoms with Crippen molar-refractivity contribution in [2.24, 2.45) is 23.7 Å². The summed E-state index contributed by atoms with van der Waals surface area (Å²) < 4.78 is 0. The first-order valence-electron chi connectivity index (χ1n) is 43.2. The van der Waals surface area contributed by atoms with Gasteiger partial charge in [0.25, 0.3) is 0 Å². The lowest BCUT2D eigenvalue weighted by Crippen LogP contribution is -2.23. The Morgan fingerprint density at radius 2 is 0.752 bits per heavy atom. The Labute approximate surface area is 637 Å². The molecule has 1 aliphatic rings. The fourth-order valence-electron chi connectivity index (χ4n) is 19.3. The van der Waals surface area contributed by atoms with E-state index >= 15 is 0 Å². The molecule has 5 atom stereocenters. The third-order valence-electron chi connectivity index (χ3n) is 25.9. The number of hydrogen-bond donors (Lipinski definition) is 0. The fraction of sp³-hybridized carbons (Fsp3) is 0.467. The molecule has 0 heterocycles. The topological polar surface area (TPSA) is 0 Å². The third-order valence-corrected chi connectivity index (χ3v) is 25.9. The Kier molecular flexibility index (Phi) is 26.9. The predicted molar refractivity (Wildman–Crippen MR) is 465 cm³/mol. The Morgan fingerprint density at radius 3 is 1.30 bits per heavy atom. The lowest BCUT2D eigenvalue weighted by atomic mass is 9.72. The average molecular weight is 1390 g/mol. The summed E-state index contributed by atoms with van der Waals surface area (Å²) in [4.78, 5) is 0. The van der Waals surface area contributed by atoms with Crippen LogP contribution in [-0.4, -0.2) is 0 Å². The zero-order valence-corrected chi connectivity index (χ0v) is 67.8. The van der Waals surface area contributed by atoms with Crippen LogP contribution in [0.15, 0.2) is 164 Å². The minimum atomic E-state index is -0.331. The molecule has 0 saturated carbocycles. The van der Waals surface area contributed by atoms with Gasteiger partial charge in [0.2, 0.25) is 0 Å². The van der Waals surface area contributed by atoms with Crippen molar-refractivity contribution in [3.8, 4) is 33.4 Å². The monoisotopic (exact) mass is 1390 g/mol. The van der Waals surface area contributed by atoms with Gasteiger partial charge in [0.15, 0.2) is 0 Å². The maximum atomic E-state index is 2.74. The van der Waals surface area contributed by atoms with Crippen LogP contribution in [0.2, 0.25) is 0 Å². The largest absolute Gasteiger partial charge is 0.0654 e. The number of rotatable bonds is 39. The van der Waals surface area contributed by atoms with Crippen molar-refractivity contribution in [3.63, 3.8) is 0 Å². The summed E-state index contributed by atoms with van der Waals surface area (Å²) in [6.45, 7) is 31.2. The second-order valence-electron chi connectivity index (χ2n) is 33.4. The molecule has 105 heavy (non-hydrogen) atoms. The maximum Gasteiger partial charge on any atom is 0.0436 e. The van der Waals surface area contributed by atoms with Crippen LogP contribution < -0.4 is 0 Å². The summed E-state index contributed by atoms with van der Waals surface area (Å²) in [6.07, 6.45) is 37.9. The van der Waals surface area contributed by atoms with Crippen LogP contribution in [-0.2, 0) is 50.4 Å². The van der Waals surface area contributed by atoms with Crippen molar-refractivity contribution in [1.82, 2.24) is 0 Å². The summed E-state index contributed by atoms with van der Waals surface area (Å²) in [5.74, 6) is 2.60. The lowest BCUT2D eigenvalue weighted by Gasteiger charge is -2.30. The van der Waals surface area contributed by atoms with Gasteiger partial charge in [-0.3, -0.25) is 0 Å². The van der Waals surface area contributed by atoms with Gasteiger partial charge in [0, 0.05) is 5.41 Å². The quantitative estimate of drug-likeness (QED) is 0.0266. The number of fused-ring (bicyclic) bond motifs is 8. The van der Waals surface area contributed by atoms with Crippen LogP contribution in [0.5, 0.6) is 0 Å². The number of benzene rings is 11. The van der Waals surface area contributed by atoms with E-state index in [1.807, 2.05) is 0 Å². The highest BCUT2D eigenvalue weighted by molar-refractivity contribution is 6.17. The zero-order valence-electron chi connectivity index (χ0n) is 67.8. The molecule has 0 bridgehead atoms. The molecule has 5 unspecified atom stereocenters. The molecule has 0 saturated heterocycles. The normalized spacial score (nSPS) is 14.8. The molecule has 1 aliphatic carbocycles. The maximum absolute atomic E-state index is 2.74. The SMILES string of the molecule is CCCCCCc1cc(CCCCCC)cc(C2(C)c3cc(C)ccc3-c3ccc(-c4c5ccccc5c(Cc5cc(CC(CC)CCCC)c6cc(-c7c8ccccc8c(C)c8cc(CC(CC)CCCC)ccc78)cc(CC(CC)CCCC)c6c5)c5cc(CC(CC)CCCC)ccc45)cc32)c1. The van der Waals surface area contributed by atoms with Gasteiger partial charge in [-0.1, -0.05) is 368 Å². The summed E-state index contributed by atoms with van der Waals surface area (Å²) in [5, 5.41) is 14.1. The molecule has 552 valence electrons. The van der Waals surface area contributed by atoms with E-state index in [1.165, 1.54) is 303 Å². The predicted octanol–water partition coefficient (Wildman–Crippen LogP) is 31.6. The highest BCUT2D eigenvalue weighted by atomic mass is 14.4. The molecule has 0 amide bonds. The van der Waals surface area contributed by atoms with E-state index in [4.69, 9.17) is 0 Å². The molecule has 12 rings (SSSR count). The molecule has 11 aromatic carbocycles. The molecule has 0 nitrogen and oxygen atoms in total. The van der Waals surface area contributed by atoms with E-state index in [0.29, 0.717) is 17.8 Å². The van der Waals surface area contributed by atoms with Crippen LogP contribution in [0.25, 0.3) is 87.2 Å².